The molecule has 2 atom stereocenters. The van der Waals surface area contributed by atoms with E-state index in [1.807, 2.05) is 12.1 Å². The third kappa shape index (κ3) is 4.52. The molecule has 3 nitrogen and oxygen atoms in total. The molecule has 0 saturated carbocycles. The van der Waals surface area contributed by atoms with Crippen LogP contribution in [0.3, 0.4) is 0 Å². The second kappa shape index (κ2) is 6.82. The number of aliphatic hydroxyl groups excluding tert-OH is 1. The number of hydrogen-bond acceptors (Lipinski definition) is 3. The third-order valence-electron chi connectivity index (χ3n) is 3.39. The summed E-state index contributed by atoms with van der Waals surface area (Å²) < 4.78 is 10.8. The second-order valence-electron chi connectivity index (χ2n) is 4.84. The van der Waals surface area contributed by atoms with Crippen LogP contribution < -0.4 is 0 Å². The van der Waals surface area contributed by atoms with Crippen molar-refractivity contribution < 1.29 is 14.3 Å². The molecule has 1 saturated heterocycles. The molecule has 1 aliphatic heterocycles. The average molecular weight is 238 g/mol. The van der Waals surface area contributed by atoms with Gasteiger partial charge in [-0.3, -0.25) is 0 Å². The average Bonchev–Trinajstić information content (AvgIpc) is 2.99. The number of aryl methyl sites for hydroxylation is 1. The van der Waals surface area contributed by atoms with Crippen LogP contribution in [0.5, 0.6) is 0 Å². The lowest BCUT2D eigenvalue weighted by molar-refractivity contribution is 0.0931. The quantitative estimate of drug-likeness (QED) is 0.794. The Morgan fingerprint density at radius 1 is 1.41 bits per heavy atom. The van der Waals surface area contributed by atoms with Gasteiger partial charge in [0.2, 0.25) is 0 Å². The van der Waals surface area contributed by atoms with Crippen LogP contribution in [-0.4, -0.2) is 23.9 Å². The van der Waals surface area contributed by atoms with Crippen molar-refractivity contribution in [2.24, 2.45) is 0 Å². The molecule has 3 heteroatoms. The highest BCUT2D eigenvalue weighted by molar-refractivity contribution is 4.98. The Bertz CT molecular complexity index is 288. The van der Waals surface area contributed by atoms with Gasteiger partial charge in [-0.2, -0.15) is 0 Å². The van der Waals surface area contributed by atoms with Crippen LogP contribution in [-0.2, 0) is 11.2 Å². The molecule has 2 rings (SSSR count). The minimum absolute atomic E-state index is 0.207. The van der Waals surface area contributed by atoms with Gasteiger partial charge in [0.25, 0.3) is 0 Å². The summed E-state index contributed by atoms with van der Waals surface area (Å²) >= 11 is 0. The standard InChI is InChI=1S/C14H22O3/c15-12(8-9-14-7-3-11-17-14)4-1-5-13-6-2-10-16-13/h3,7,11-13,15H,1-2,4-6,8-10H2. The molecule has 0 amide bonds. The van der Waals surface area contributed by atoms with Crippen LogP contribution in [0.1, 0.15) is 44.3 Å². The third-order valence-corrected chi connectivity index (χ3v) is 3.39. The molecule has 0 bridgehead atoms. The molecule has 0 aliphatic carbocycles. The van der Waals surface area contributed by atoms with E-state index < -0.39 is 0 Å². The minimum atomic E-state index is -0.207. The van der Waals surface area contributed by atoms with Gasteiger partial charge in [0.1, 0.15) is 5.76 Å². The number of aliphatic hydroxyl groups is 1. The second-order valence-corrected chi connectivity index (χ2v) is 4.84. The molecule has 1 N–H and O–H groups in total. The van der Waals surface area contributed by atoms with Gasteiger partial charge in [-0.1, -0.05) is 0 Å². The zero-order valence-corrected chi connectivity index (χ0v) is 10.3. The van der Waals surface area contributed by atoms with Crippen LogP contribution in [0, 0.1) is 0 Å². The molecule has 1 aromatic heterocycles. The molecular weight excluding hydrogens is 216 g/mol. The monoisotopic (exact) mass is 238 g/mol. The lowest BCUT2D eigenvalue weighted by Crippen LogP contribution is -2.10. The van der Waals surface area contributed by atoms with Crippen LogP contribution >= 0.6 is 0 Å². The van der Waals surface area contributed by atoms with E-state index in [4.69, 9.17) is 9.15 Å². The maximum absolute atomic E-state index is 9.84. The summed E-state index contributed by atoms with van der Waals surface area (Å²) in [6, 6.07) is 3.85. The Morgan fingerprint density at radius 3 is 3.06 bits per heavy atom. The number of ether oxygens (including phenoxy) is 1. The maximum Gasteiger partial charge on any atom is 0.103 e. The van der Waals surface area contributed by atoms with Gasteiger partial charge in [-0.25, -0.2) is 0 Å². The van der Waals surface area contributed by atoms with Crippen LogP contribution in [0.15, 0.2) is 22.8 Å². The Balaban J connectivity index is 1.52. The Kier molecular flexibility index (Phi) is 5.08. The molecule has 2 heterocycles. The van der Waals surface area contributed by atoms with Gasteiger partial charge in [-0.15, -0.1) is 0 Å². The molecule has 1 aromatic rings. The van der Waals surface area contributed by atoms with Gasteiger partial charge in [0, 0.05) is 13.0 Å². The highest BCUT2D eigenvalue weighted by atomic mass is 16.5. The first kappa shape index (κ1) is 12.7. The fraction of sp³-hybridized carbons (Fsp3) is 0.714. The number of hydrogen-bond donors (Lipinski definition) is 1. The minimum Gasteiger partial charge on any atom is -0.469 e. The summed E-state index contributed by atoms with van der Waals surface area (Å²) in [5.41, 5.74) is 0. The molecule has 0 radical (unpaired) electrons. The van der Waals surface area contributed by atoms with Crippen LogP contribution in [0.25, 0.3) is 0 Å². The van der Waals surface area contributed by atoms with E-state index in [2.05, 4.69) is 0 Å². The van der Waals surface area contributed by atoms with E-state index in [-0.39, 0.29) is 6.10 Å². The van der Waals surface area contributed by atoms with Gasteiger partial charge in [0.15, 0.2) is 0 Å². The smallest absolute Gasteiger partial charge is 0.103 e. The maximum atomic E-state index is 9.84. The van der Waals surface area contributed by atoms with Crippen molar-refractivity contribution in [2.45, 2.75) is 57.2 Å². The fourth-order valence-corrected chi connectivity index (χ4v) is 2.36. The van der Waals surface area contributed by atoms with E-state index >= 15 is 0 Å². The van der Waals surface area contributed by atoms with Crippen molar-refractivity contribution in [1.82, 2.24) is 0 Å². The number of furan rings is 1. The highest BCUT2D eigenvalue weighted by Gasteiger charge is 2.15. The molecule has 17 heavy (non-hydrogen) atoms. The van der Waals surface area contributed by atoms with Crippen molar-refractivity contribution in [1.29, 1.82) is 0 Å². The van der Waals surface area contributed by atoms with Crippen molar-refractivity contribution in [3.63, 3.8) is 0 Å². The summed E-state index contributed by atoms with van der Waals surface area (Å²) in [5, 5.41) is 9.84. The molecule has 1 fully saturated rings. The normalized spacial score (nSPS) is 21.8. The number of rotatable bonds is 7. The predicted octanol–water partition coefficient (Wildman–Crippen LogP) is 2.92. The molecule has 0 spiro atoms. The van der Waals surface area contributed by atoms with Gasteiger partial charge >= 0.3 is 0 Å². The highest BCUT2D eigenvalue weighted by Crippen LogP contribution is 2.19. The first-order valence-electron chi connectivity index (χ1n) is 6.66. The first-order chi connectivity index (χ1) is 8.34. The van der Waals surface area contributed by atoms with Crippen molar-refractivity contribution in [3.05, 3.63) is 24.2 Å². The predicted molar refractivity (Wildman–Crippen MR) is 65.9 cm³/mol. The van der Waals surface area contributed by atoms with E-state index in [9.17, 15) is 5.11 Å². The lowest BCUT2D eigenvalue weighted by Gasteiger charge is -2.12. The molecule has 96 valence electrons. The van der Waals surface area contributed by atoms with Crippen molar-refractivity contribution in [2.75, 3.05) is 6.61 Å². The van der Waals surface area contributed by atoms with Crippen LogP contribution in [0.4, 0.5) is 0 Å². The summed E-state index contributed by atoms with van der Waals surface area (Å²) in [4.78, 5) is 0. The molecule has 1 aliphatic rings. The Hall–Kier alpha value is -0.800. The summed E-state index contributed by atoms with van der Waals surface area (Å²) in [5.74, 6) is 0.961. The lowest BCUT2D eigenvalue weighted by atomic mass is 10.0. The summed E-state index contributed by atoms with van der Waals surface area (Å²) in [6.45, 7) is 0.922. The zero-order chi connectivity index (χ0) is 11.9. The first-order valence-corrected chi connectivity index (χ1v) is 6.66. The van der Waals surface area contributed by atoms with Crippen molar-refractivity contribution >= 4 is 0 Å². The van der Waals surface area contributed by atoms with Gasteiger partial charge < -0.3 is 14.3 Å². The summed E-state index contributed by atoms with van der Waals surface area (Å²) in [6.07, 6.45) is 8.97. The molecule has 2 unspecified atom stereocenters. The van der Waals surface area contributed by atoms with E-state index in [0.717, 1.165) is 44.5 Å². The SMILES string of the molecule is OC(CCCC1CCCO1)CCc1ccco1. The fourth-order valence-electron chi connectivity index (χ4n) is 2.36. The Morgan fingerprint density at radius 2 is 2.35 bits per heavy atom. The van der Waals surface area contributed by atoms with Crippen LogP contribution in [0.2, 0.25) is 0 Å². The molecule has 0 aromatic carbocycles. The topological polar surface area (TPSA) is 42.6 Å². The van der Waals surface area contributed by atoms with E-state index in [0.29, 0.717) is 6.10 Å². The van der Waals surface area contributed by atoms with Crippen molar-refractivity contribution in [3.8, 4) is 0 Å². The van der Waals surface area contributed by atoms with E-state index in [1.165, 1.54) is 12.8 Å². The Labute approximate surface area is 103 Å². The summed E-state index contributed by atoms with van der Waals surface area (Å²) in [7, 11) is 0. The van der Waals surface area contributed by atoms with Gasteiger partial charge in [0.05, 0.1) is 18.5 Å². The zero-order valence-electron chi connectivity index (χ0n) is 10.3. The molecular formula is C14H22O3. The van der Waals surface area contributed by atoms with Gasteiger partial charge in [-0.05, 0) is 50.7 Å². The largest absolute Gasteiger partial charge is 0.469 e. The van der Waals surface area contributed by atoms with E-state index in [1.54, 1.807) is 6.26 Å².